The van der Waals surface area contributed by atoms with Crippen LogP contribution >= 0.6 is 0 Å². The Hall–Kier alpha value is -2.55. The third-order valence-electron chi connectivity index (χ3n) is 6.80. The average Bonchev–Trinajstić information content (AvgIpc) is 3.19. The Morgan fingerprint density at radius 2 is 1.73 bits per heavy atom. The second-order valence-electron chi connectivity index (χ2n) is 8.98. The fourth-order valence-corrected chi connectivity index (χ4v) is 8.62. The van der Waals surface area contributed by atoms with Crippen LogP contribution in [-0.2, 0) is 24.3 Å². The quantitative estimate of drug-likeness (QED) is 0.342. The van der Waals surface area contributed by atoms with Crippen molar-refractivity contribution in [1.29, 1.82) is 0 Å². The summed E-state index contributed by atoms with van der Waals surface area (Å²) in [5, 5.41) is 2.28. The van der Waals surface area contributed by atoms with E-state index in [2.05, 4.69) is 25.2 Å². The minimum absolute atomic E-state index is 0.0472. The number of carbonyl (C=O) groups excluding carboxylic acids is 2. The first-order chi connectivity index (χ1) is 15.6. The number of sulfonamides is 1. The van der Waals surface area contributed by atoms with Gasteiger partial charge in [0.05, 0.1) is 12.0 Å². The zero-order valence-corrected chi connectivity index (χ0v) is 21.6. The van der Waals surface area contributed by atoms with Crippen LogP contribution in [-0.4, -0.2) is 52.7 Å². The summed E-state index contributed by atoms with van der Waals surface area (Å²) >= 11 is 0. The van der Waals surface area contributed by atoms with Crippen LogP contribution in [0.1, 0.15) is 18.9 Å². The van der Waals surface area contributed by atoms with Crippen LogP contribution in [0.4, 0.5) is 0 Å². The molecule has 1 aliphatic heterocycles. The van der Waals surface area contributed by atoms with Gasteiger partial charge >= 0.3 is 5.97 Å². The molecule has 0 bridgehead atoms. The number of hydrogen-bond acceptors (Lipinski definition) is 5. The third kappa shape index (κ3) is 4.73. The molecule has 2 atom stereocenters. The number of hydrogen-bond donors (Lipinski definition) is 0. The van der Waals surface area contributed by atoms with Gasteiger partial charge in [-0.1, -0.05) is 77.1 Å². The van der Waals surface area contributed by atoms with Crippen molar-refractivity contribution < 1.29 is 22.7 Å². The summed E-state index contributed by atoms with van der Waals surface area (Å²) in [6.07, 6.45) is 0.804. The van der Waals surface area contributed by atoms with Crippen molar-refractivity contribution in [3.63, 3.8) is 0 Å². The van der Waals surface area contributed by atoms with Crippen molar-refractivity contribution in [2.75, 3.05) is 13.7 Å². The highest BCUT2D eigenvalue weighted by Crippen LogP contribution is 2.39. The smallest absolute Gasteiger partial charge is 0.324 e. The number of ether oxygens (including phenoxy) is 1. The maximum Gasteiger partial charge on any atom is 0.324 e. The predicted molar refractivity (Wildman–Crippen MR) is 131 cm³/mol. The molecule has 1 fully saturated rings. The molecule has 1 heterocycles. The average molecular weight is 486 g/mol. The summed E-state index contributed by atoms with van der Waals surface area (Å²) in [6, 6.07) is 15.6. The monoisotopic (exact) mass is 485 g/mol. The number of allylic oxidation sites excluding steroid dienone is 1. The van der Waals surface area contributed by atoms with Crippen LogP contribution in [0.3, 0.4) is 0 Å². The molecule has 0 spiro atoms. The first-order valence-electron chi connectivity index (χ1n) is 10.9. The Morgan fingerprint density at radius 1 is 1.12 bits per heavy atom. The molecule has 0 aliphatic carbocycles. The summed E-state index contributed by atoms with van der Waals surface area (Å²) in [5.41, 5.74) is 1.78. The maximum atomic E-state index is 13.6. The zero-order chi connectivity index (χ0) is 24.4. The minimum Gasteiger partial charge on any atom is -0.468 e. The Labute approximate surface area is 197 Å². The summed E-state index contributed by atoms with van der Waals surface area (Å²) in [5.74, 6) is -1.22. The summed E-state index contributed by atoms with van der Waals surface area (Å²) in [4.78, 5) is 24.6. The molecule has 0 N–H and O–H groups in total. The topological polar surface area (TPSA) is 80.8 Å². The van der Waals surface area contributed by atoms with Crippen molar-refractivity contribution in [2.45, 2.75) is 44.3 Å². The number of methoxy groups -OCH3 is 1. The molecule has 6 nitrogen and oxygen atoms in total. The van der Waals surface area contributed by atoms with Crippen LogP contribution < -0.4 is 5.19 Å². The molecule has 0 aromatic heterocycles. The molecule has 0 amide bonds. The molecule has 8 heteroatoms. The van der Waals surface area contributed by atoms with E-state index in [1.54, 1.807) is 24.3 Å². The van der Waals surface area contributed by atoms with Crippen LogP contribution in [0, 0.1) is 12.8 Å². The highest BCUT2D eigenvalue weighted by atomic mass is 32.2. The number of esters is 1. The van der Waals surface area contributed by atoms with E-state index in [1.807, 2.05) is 32.0 Å². The lowest BCUT2D eigenvalue weighted by Crippen LogP contribution is -2.44. The van der Waals surface area contributed by atoms with Gasteiger partial charge in [-0.15, -0.1) is 0 Å². The van der Waals surface area contributed by atoms with Crippen LogP contribution in [0.15, 0.2) is 70.3 Å². The van der Waals surface area contributed by atoms with Gasteiger partial charge in [0.1, 0.15) is 20.4 Å². The Bertz CT molecular complexity index is 1160. The molecular weight excluding hydrogens is 454 g/mol. The second-order valence-corrected chi connectivity index (χ2v) is 15.4. The molecule has 1 aliphatic rings. The number of nitrogens with zero attached hydrogens (tertiary/aromatic N) is 1. The first-order valence-corrected chi connectivity index (χ1v) is 15.3. The van der Waals surface area contributed by atoms with Crippen molar-refractivity contribution in [3.05, 3.63) is 70.9 Å². The van der Waals surface area contributed by atoms with Gasteiger partial charge in [0, 0.05) is 18.9 Å². The van der Waals surface area contributed by atoms with Gasteiger partial charge in [-0.05, 0) is 26.0 Å². The lowest BCUT2D eigenvalue weighted by molar-refractivity contribution is -0.145. The fourth-order valence-electron chi connectivity index (χ4n) is 4.50. The Morgan fingerprint density at radius 3 is 2.27 bits per heavy atom. The number of rotatable bonds is 7. The van der Waals surface area contributed by atoms with Gasteiger partial charge in [-0.25, -0.2) is 8.42 Å². The Balaban J connectivity index is 2.18. The number of aldehydes is 1. The van der Waals surface area contributed by atoms with Crippen LogP contribution in [0.2, 0.25) is 13.1 Å². The van der Waals surface area contributed by atoms with Crippen LogP contribution in [0.5, 0.6) is 0 Å². The van der Waals surface area contributed by atoms with E-state index in [4.69, 9.17) is 4.74 Å². The van der Waals surface area contributed by atoms with Crippen molar-refractivity contribution >= 4 is 35.5 Å². The van der Waals surface area contributed by atoms with Gasteiger partial charge in [0.2, 0.25) is 10.0 Å². The molecular formula is C25H31NO5SSi. The van der Waals surface area contributed by atoms with Gasteiger partial charge in [0.15, 0.2) is 0 Å². The largest absolute Gasteiger partial charge is 0.468 e. The normalized spacial score (nSPS) is 21.0. The lowest BCUT2D eigenvalue weighted by atomic mass is 9.93. The van der Waals surface area contributed by atoms with Crippen molar-refractivity contribution in [1.82, 2.24) is 4.31 Å². The molecule has 0 saturated carbocycles. The molecule has 1 saturated heterocycles. The molecule has 0 radical (unpaired) electrons. The molecule has 0 unspecified atom stereocenters. The lowest BCUT2D eigenvalue weighted by Gasteiger charge is -2.28. The SMILES string of the molecule is COC(=O)[C@@H]1[C@@H](CC=O)/C(=C(/C)[Si](C)(C)c2ccccc2)CN1S(=O)(=O)c1ccc(C)cc1. The van der Waals surface area contributed by atoms with Gasteiger partial charge in [-0.3, -0.25) is 4.79 Å². The third-order valence-corrected chi connectivity index (χ3v) is 12.6. The number of aryl methyl sites for hydroxylation is 1. The summed E-state index contributed by atoms with van der Waals surface area (Å²) < 4.78 is 33.5. The van der Waals surface area contributed by atoms with E-state index in [0.29, 0.717) is 0 Å². The fraction of sp³-hybridized carbons (Fsp3) is 0.360. The summed E-state index contributed by atoms with van der Waals surface area (Å²) in [7, 11) is -4.92. The van der Waals surface area contributed by atoms with Gasteiger partial charge < -0.3 is 9.53 Å². The Kier molecular flexibility index (Phi) is 7.41. The molecule has 2 aromatic carbocycles. The van der Waals surface area contributed by atoms with Crippen LogP contribution in [0.25, 0.3) is 0 Å². The van der Waals surface area contributed by atoms with E-state index in [1.165, 1.54) is 16.6 Å². The number of carbonyl (C=O) groups is 2. The summed E-state index contributed by atoms with van der Waals surface area (Å²) in [6.45, 7) is 8.36. The zero-order valence-electron chi connectivity index (χ0n) is 19.7. The van der Waals surface area contributed by atoms with E-state index >= 15 is 0 Å². The highest BCUT2D eigenvalue weighted by molar-refractivity contribution is 7.89. The number of benzene rings is 2. The van der Waals surface area contributed by atoms with Gasteiger partial charge in [-0.2, -0.15) is 4.31 Å². The highest BCUT2D eigenvalue weighted by Gasteiger charge is 2.50. The standard InChI is InChI=1S/C25H31NO5SSi/c1-18-11-13-20(14-12-18)32(29,30)26-17-23(22(15-16-27)24(26)25(28)31-3)19(2)33(4,5)21-9-7-6-8-10-21/h6-14,16,22,24H,15,17H2,1-5H3/b23-19-/t22-,24-/m0/s1. The van der Waals surface area contributed by atoms with Gasteiger partial charge in [0.25, 0.3) is 0 Å². The van der Waals surface area contributed by atoms with E-state index in [0.717, 1.165) is 22.6 Å². The molecule has 33 heavy (non-hydrogen) atoms. The molecule has 2 aromatic rings. The van der Waals surface area contributed by atoms with E-state index in [9.17, 15) is 18.0 Å². The van der Waals surface area contributed by atoms with Crippen molar-refractivity contribution in [3.8, 4) is 0 Å². The second kappa shape index (κ2) is 9.75. The van der Waals surface area contributed by atoms with Crippen molar-refractivity contribution in [2.24, 2.45) is 5.92 Å². The minimum atomic E-state index is -3.99. The predicted octanol–water partition coefficient (Wildman–Crippen LogP) is 3.22. The first kappa shape index (κ1) is 25.1. The van der Waals surface area contributed by atoms with E-state index < -0.39 is 36.0 Å². The molecule has 3 rings (SSSR count). The molecule has 176 valence electrons. The van der Waals surface area contributed by atoms with E-state index in [-0.39, 0.29) is 17.9 Å². The maximum absolute atomic E-state index is 13.6.